The van der Waals surface area contributed by atoms with Crippen molar-refractivity contribution in [3.63, 3.8) is 0 Å². The van der Waals surface area contributed by atoms with Gasteiger partial charge in [-0.3, -0.25) is 19.5 Å². The molecule has 8 heteroatoms. The summed E-state index contributed by atoms with van der Waals surface area (Å²) in [5.41, 5.74) is 2.41. The van der Waals surface area contributed by atoms with E-state index >= 15 is 0 Å². The number of pyridine rings is 1. The van der Waals surface area contributed by atoms with E-state index in [9.17, 15) is 14.7 Å². The van der Waals surface area contributed by atoms with Crippen molar-refractivity contribution in [3.05, 3.63) is 88.7 Å². The Morgan fingerprint density at radius 3 is 2.46 bits per heavy atom. The third-order valence-corrected chi connectivity index (χ3v) is 7.13. The van der Waals surface area contributed by atoms with E-state index in [1.165, 1.54) is 11.3 Å². The van der Waals surface area contributed by atoms with Crippen molar-refractivity contribution in [1.29, 1.82) is 0 Å². The fourth-order valence-electron chi connectivity index (χ4n) is 5.02. The highest BCUT2D eigenvalue weighted by atomic mass is 35.5. The molecular formula is C29H28ClN3O4. The van der Waals surface area contributed by atoms with Crippen LogP contribution in [0.5, 0.6) is 5.75 Å². The SMILES string of the molecule is CCOc1ccc(Cl)c(/C(O)=C2\C(=O)C(=O)N(c3ccc(N4CCCCC4)cc3)C2c2cccnc2)c1. The first kappa shape index (κ1) is 24.8. The summed E-state index contributed by atoms with van der Waals surface area (Å²) in [6, 6.07) is 15.1. The molecule has 3 aromatic rings. The van der Waals surface area contributed by atoms with Crippen molar-refractivity contribution < 1.29 is 19.4 Å². The number of ketones is 1. The summed E-state index contributed by atoms with van der Waals surface area (Å²) in [6.07, 6.45) is 6.76. The van der Waals surface area contributed by atoms with E-state index in [-0.39, 0.29) is 21.9 Å². The molecule has 2 aromatic carbocycles. The molecule has 37 heavy (non-hydrogen) atoms. The molecule has 2 aliphatic rings. The van der Waals surface area contributed by atoms with Crippen molar-refractivity contribution in [2.75, 3.05) is 29.5 Å². The first-order chi connectivity index (χ1) is 18.0. The van der Waals surface area contributed by atoms with Gasteiger partial charge in [-0.25, -0.2) is 0 Å². The Morgan fingerprint density at radius 1 is 1.05 bits per heavy atom. The fourth-order valence-corrected chi connectivity index (χ4v) is 5.22. The molecule has 0 radical (unpaired) electrons. The molecule has 2 fully saturated rings. The molecular weight excluding hydrogens is 490 g/mol. The number of aliphatic hydroxyl groups excluding tert-OH is 1. The van der Waals surface area contributed by atoms with Crippen LogP contribution in [-0.4, -0.2) is 41.5 Å². The molecule has 1 aromatic heterocycles. The zero-order valence-electron chi connectivity index (χ0n) is 20.6. The van der Waals surface area contributed by atoms with Crippen molar-refractivity contribution >= 4 is 40.4 Å². The zero-order chi connectivity index (χ0) is 25.9. The van der Waals surface area contributed by atoms with Gasteiger partial charge in [0.05, 0.1) is 23.2 Å². The topological polar surface area (TPSA) is 83.0 Å². The van der Waals surface area contributed by atoms with Crippen molar-refractivity contribution in [1.82, 2.24) is 4.98 Å². The Balaban J connectivity index is 1.61. The molecule has 190 valence electrons. The molecule has 1 amide bonds. The van der Waals surface area contributed by atoms with Gasteiger partial charge in [-0.1, -0.05) is 17.7 Å². The second-order valence-electron chi connectivity index (χ2n) is 9.09. The Kier molecular flexibility index (Phi) is 7.15. The minimum absolute atomic E-state index is 0.0475. The lowest BCUT2D eigenvalue weighted by Gasteiger charge is -2.30. The molecule has 0 bridgehead atoms. The molecule has 1 N–H and O–H groups in total. The van der Waals surface area contributed by atoms with Gasteiger partial charge < -0.3 is 14.7 Å². The number of hydrogen-bond donors (Lipinski definition) is 1. The van der Waals surface area contributed by atoms with Crippen molar-refractivity contribution in [3.8, 4) is 5.75 Å². The van der Waals surface area contributed by atoms with Crippen LogP contribution < -0.4 is 14.5 Å². The van der Waals surface area contributed by atoms with Crippen LogP contribution in [0.1, 0.15) is 43.4 Å². The number of rotatable bonds is 6. The van der Waals surface area contributed by atoms with Gasteiger partial charge in [0.15, 0.2) is 0 Å². The quantitative estimate of drug-likeness (QED) is 0.255. The van der Waals surface area contributed by atoms with Gasteiger partial charge in [0.2, 0.25) is 0 Å². The summed E-state index contributed by atoms with van der Waals surface area (Å²) in [4.78, 5) is 34.8. The highest BCUT2D eigenvalue weighted by Gasteiger charge is 2.47. The summed E-state index contributed by atoms with van der Waals surface area (Å²) in [5, 5.41) is 11.6. The van der Waals surface area contributed by atoms with E-state index in [0.717, 1.165) is 31.6 Å². The van der Waals surface area contributed by atoms with E-state index in [2.05, 4.69) is 9.88 Å². The Morgan fingerprint density at radius 2 is 1.78 bits per heavy atom. The maximum Gasteiger partial charge on any atom is 0.300 e. The molecule has 0 saturated carbocycles. The molecule has 1 unspecified atom stereocenters. The number of piperidine rings is 1. The van der Waals surface area contributed by atoms with Crippen LogP contribution in [0.15, 0.2) is 72.6 Å². The van der Waals surface area contributed by atoms with E-state index in [0.29, 0.717) is 23.6 Å². The number of nitrogens with zero attached hydrogens (tertiary/aromatic N) is 3. The van der Waals surface area contributed by atoms with Gasteiger partial charge in [-0.15, -0.1) is 0 Å². The molecule has 1 atom stereocenters. The number of Topliss-reactive ketones (excluding diaryl/α,β-unsaturated/α-hetero) is 1. The Bertz CT molecular complexity index is 1340. The average Bonchev–Trinajstić information content (AvgIpc) is 3.20. The number of halogens is 1. The molecule has 5 rings (SSSR count). The van der Waals surface area contributed by atoms with Crippen LogP contribution in [-0.2, 0) is 9.59 Å². The number of ether oxygens (including phenoxy) is 1. The van der Waals surface area contributed by atoms with Crippen molar-refractivity contribution in [2.45, 2.75) is 32.2 Å². The highest BCUT2D eigenvalue weighted by Crippen LogP contribution is 2.43. The Hall–Kier alpha value is -3.84. The van der Waals surface area contributed by atoms with Gasteiger partial charge in [-0.2, -0.15) is 0 Å². The standard InChI is InChI=1S/C29H28ClN3O4/c1-2-37-22-12-13-24(30)23(17-22)27(34)25-26(19-7-6-14-31-18-19)33(29(36)28(25)35)21-10-8-20(9-11-21)32-15-4-3-5-16-32/h6-14,17-18,26,34H,2-5,15-16H2,1H3/b27-25+. The normalized spacial score (nSPS) is 19.4. The minimum atomic E-state index is -0.874. The zero-order valence-corrected chi connectivity index (χ0v) is 21.3. The van der Waals surface area contributed by atoms with Crippen LogP contribution >= 0.6 is 11.6 Å². The van der Waals surface area contributed by atoms with Gasteiger partial charge in [0.1, 0.15) is 11.5 Å². The van der Waals surface area contributed by atoms with Gasteiger partial charge in [-0.05, 0) is 80.3 Å². The number of carbonyl (C=O) groups excluding carboxylic acids is 2. The van der Waals surface area contributed by atoms with Crippen molar-refractivity contribution in [2.24, 2.45) is 0 Å². The lowest BCUT2D eigenvalue weighted by atomic mass is 9.96. The van der Waals surface area contributed by atoms with Gasteiger partial charge in [0.25, 0.3) is 11.7 Å². The summed E-state index contributed by atoms with van der Waals surface area (Å²) < 4.78 is 5.56. The molecule has 2 aliphatic heterocycles. The van der Waals surface area contributed by atoms with E-state index < -0.39 is 17.7 Å². The second-order valence-corrected chi connectivity index (χ2v) is 9.50. The maximum atomic E-state index is 13.4. The van der Waals surface area contributed by atoms with Crippen LogP contribution in [0, 0.1) is 0 Å². The van der Waals surface area contributed by atoms with Gasteiger partial charge in [0, 0.05) is 42.4 Å². The molecule has 2 saturated heterocycles. The number of aromatic nitrogens is 1. The van der Waals surface area contributed by atoms with Crippen LogP contribution in [0.25, 0.3) is 5.76 Å². The summed E-state index contributed by atoms with van der Waals surface area (Å²) in [7, 11) is 0. The third kappa shape index (κ3) is 4.79. The number of amides is 1. The van der Waals surface area contributed by atoms with Gasteiger partial charge >= 0.3 is 0 Å². The predicted molar refractivity (Wildman–Crippen MR) is 144 cm³/mol. The number of aliphatic hydroxyl groups is 1. The molecule has 3 heterocycles. The molecule has 0 aliphatic carbocycles. The molecule has 0 spiro atoms. The van der Waals surface area contributed by atoms with E-state index in [4.69, 9.17) is 16.3 Å². The van der Waals surface area contributed by atoms with E-state index in [1.54, 1.807) is 42.7 Å². The highest BCUT2D eigenvalue weighted by molar-refractivity contribution is 6.52. The first-order valence-electron chi connectivity index (χ1n) is 12.5. The fraction of sp³-hybridized carbons (Fsp3) is 0.276. The lowest BCUT2D eigenvalue weighted by molar-refractivity contribution is -0.132. The van der Waals surface area contributed by atoms with Crippen LogP contribution in [0.3, 0.4) is 0 Å². The monoisotopic (exact) mass is 517 g/mol. The largest absolute Gasteiger partial charge is 0.507 e. The lowest BCUT2D eigenvalue weighted by Crippen LogP contribution is -2.30. The smallest absolute Gasteiger partial charge is 0.300 e. The molecule has 7 nitrogen and oxygen atoms in total. The van der Waals surface area contributed by atoms with Crippen LogP contribution in [0.2, 0.25) is 5.02 Å². The second kappa shape index (κ2) is 10.6. The predicted octanol–water partition coefficient (Wildman–Crippen LogP) is 5.75. The number of carbonyl (C=O) groups is 2. The number of anilines is 2. The summed E-state index contributed by atoms with van der Waals surface area (Å²) in [6.45, 7) is 4.27. The number of hydrogen-bond acceptors (Lipinski definition) is 6. The number of benzene rings is 2. The summed E-state index contributed by atoms with van der Waals surface area (Å²) >= 11 is 6.42. The van der Waals surface area contributed by atoms with Crippen LogP contribution in [0.4, 0.5) is 11.4 Å². The third-order valence-electron chi connectivity index (χ3n) is 6.80. The van der Waals surface area contributed by atoms with E-state index in [1.807, 2.05) is 31.2 Å². The first-order valence-corrected chi connectivity index (χ1v) is 12.9. The average molecular weight is 518 g/mol. The summed E-state index contributed by atoms with van der Waals surface area (Å²) in [5.74, 6) is -1.37. The Labute approximate surface area is 220 Å². The minimum Gasteiger partial charge on any atom is -0.507 e. The maximum absolute atomic E-state index is 13.4.